The zero-order valence-corrected chi connectivity index (χ0v) is 15.7. The molecule has 2 aromatic rings. The molecule has 0 aliphatic carbocycles. The molecular formula is C21H29ClO2. The number of aryl methyl sites for hydroxylation is 1. The molecule has 0 atom stereocenters. The van der Waals surface area contributed by atoms with Crippen molar-refractivity contribution in [1.29, 1.82) is 0 Å². The lowest BCUT2D eigenvalue weighted by atomic mass is 10.0. The van der Waals surface area contributed by atoms with Crippen LogP contribution >= 0.6 is 11.6 Å². The lowest BCUT2D eigenvalue weighted by Gasteiger charge is -2.16. The highest BCUT2D eigenvalue weighted by Gasteiger charge is 2.11. The van der Waals surface area contributed by atoms with Gasteiger partial charge in [-0.15, -0.1) is 11.6 Å². The lowest BCUT2D eigenvalue weighted by Crippen LogP contribution is -2.02. The molecule has 3 heteroatoms. The summed E-state index contributed by atoms with van der Waals surface area (Å²) in [5.74, 6) is 2.71. The van der Waals surface area contributed by atoms with Crippen LogP contribution in [-0.4, -0.2) is 19.1 Å². The molecule has 0 N–H and O–H groups in total. The molecular weight excluding hydrogens is 320 g/mol. The van der Waals surface area contributed by atoms with E-state index in [2.05, 4.69) is 44.2 Å². The third-order valence-electron chi connectivity index (χ3n) is 4.17. The van der Waals surface area contributed by atoms with Crippen molar-refractivity contribution in [2.24, 2.45) is 0 Å². The highest BCUT2D eigenvalue weighted by molar-refractivity contribution is 6.17. The van der Waals surface area contributed by atoms with Gasteiger partial charge in [0, 0.05) is 16.7 Å². The van der Waals surface area contributed by atoms with E-state index in [1.807, 2.05) is 0 Å². The standard InChI is InChI=1S/C21H29ClO2/c1-3-4-14-24-21-17(2)16-20(18-11-7-8-12-19(18)21)23-15-10-6-5-9-13-22/h7-8,11-12,16H,3-6,9-10,13-15H2,1-2H3. The number of hydrogen-bond donors (Lipinski definition) is 0. The average Bonchev–Trinajstić information content (AvgIpc) is 2.60. The fraction of sp³-hybridized carbons (Fsp3) is 0.524. The summed E-state index contributed by atoms with van der Waals surface area (Å²) in [5, 5.41) is 2.28. The lowest BCUT2D eigenvalue weighted by molar-refractivity contribution is 0.302. The molecule has 0 fully saturated rings. The minimum atomic E-state index is 0.752. The van der Waals surface area contributed by atoms with Crippen LogP contribution in [0.15, 0.2) is 30.3 Å². The normalized spacial score (nSPS) is 11.0. The number of rotatable bonds is 11. The van der Waals surface area contributed by atoms with E-state index in [1.54, 1.807) is 0 Å². The van der Waals surface area contributed by atoms with Gasteiger partial charge in [-0.2, -0.15) is 0 Å². The maximum Gasteiger partial charge on any atom is 0.130 e. The number of benzene rings is 2. The molecule has 0 radical (unpaired) electrons. The van der Waals surface area contributed by atoms with Crippen LogP contribution in [-0.2, 0) is 0 Å². The van der Waals surface area contributed by atoms with Crippen LogP contribution < -0.4 is 9.47 Å². The molecule has 132 valence electrons. The zero-order valence-electron chi connectivity index (χ0n) is 14.9. The molecule has 0 unspecified atom stereocenters. The van der Waals surface area contributed by atoms with Gasteiger partial charge in [0.25, 0.3) is 0 Å². The Kier molecular flexibility index (Phi) is 8.24. The predicted molar refractivity (Wildman–Crippen MR) is 104 cm³/mol. The Morgan fingerprint density at radius 3 is 2.33 bits per heavy atom. The maximum absolute atomic E-state index is 6.07. The molecule has 0 saturated heterocycles. The first-order valence-electron chi connectivity index (χ1n) is 9.11. The highest BCUT2D eigenvalue weighted by Crippen LogP contribution is 2.36. The van der Waals surface area contributed by atoms with Crippen molar-refractivity contribution in [1.82, 2.24) is 0 Å². The topological polar surface area (TPSA) is 18.5 Å². The van der Waals surface area contributed by atoms with Gasteiger partial charge >= 0.3 is 0 Å². The number of ether oxygens (including phenoxy) is 2. The van der Waals surface area contributed by atoms with E-state index in [-0.39, 0.29) is 0 Å². The van der Waals surface area contributed by atoms with Crippen LogP contribution in [0.5, 0.6) is 11.5 Å². The van der Waals surface area contributed by atoms with Gasteiger partial charge in [-0.1, -0.05) is 50.5 Å². The van der Waals surface area contributed by atoms with Gasteiger partial charge in [0.15, 0.2) is 0 Å². The molecule has 0 heterocycles. The van der Waals surface area contributed by atoms with Crippen LogP contribution in [0.25, 0.3) is 10.8 Å². The molecule has 2 nitrogen and oxygen atoms in total. The average molecular weight is 349 g/mol. The molecule has 0 aliphatic rings. The van der Waals surface area contributed by atoms with Gasteiger partial charge in [0.1, 0.15) is 11.5 Å². The first-order valence-corrected chi connectivity index (χ1v) is 9.65. The summed E-state index contributed by atoms with van der Waals surface area (Å²) < 4.78 is 12.1. The SMILES string of the molecule is CCCCOc1c(C)cc(OCCCCCCCl)c2ccccc12. The van der Waals surface area contributed by atoms with E-state index in [0.717, 1.165) is 72.6 Å². The number of halogens is 1. The number of unbranched alkanes of at least 4 members (excludes halogenated alkanes) is 4. The van der Waals surface area contributed by atoms with E-state index in [9.17, 15) is 0 Å². The second kappa shape index (κ2) is 10.5. The maximum atomic E-state index is 6.07. The van der Waals surface area contributed by atoms with Crippen molar-refractivity contribution in [3.05, 3.63) is 35.9 Å². The fourth-order valence-corrected chi connectivity index (χ4v) is 3.00. The number of hydrogen-bond acceptors (Lipinski definition) is 2. The van der Waals surface area contributed by atoms with E-state index in [0.29, 0.717) is 0 Å². The van der Waals surface area contributed by atoms with Gasteiger partial charge in [0.05, 0.1) is 13.2 Å². The van der Waals surface area contributed by atoms with Crippen molar-refractivity contribution >= 4 is 22.4 Å². The van der Waals surface area contributed by atoms with Crippen LogP contribution in [0.4, 0.5) is 0 Å². The van der Waals surface area contributed by atoms with Crippen LogP contribution in [0.1, 0.15) is 51.0 Å². The molecule has 2 rings (SSSR count). The Balaban J connectivity index is 2.09. The quantitative estimate of drug-likeness (QED) is 0.340. The smallest absolute Gasteiger partial charge is 0.130 e. The molecule has 0 bridgehead atoms. The zero-order chi connectivity index (χ0) is 17.2. The molecule has 0 spiro atoms. The van der Waals surface area contributed by atoms with Crippen molar-refractivity contribution in [3.8, 4) is 11.5 Å². The first kappa shape index (κ1) is 18.9. The first-order chi connectivity index (χ1) is 11.8. The van der Waals surface area contributed by atoms with Gasteiger partial charge < -0.3 is 9.47 Å². The fourth-order valence-electron chi connectivity index (χ4n) is 2.81. The summed E-state index contributed by atoms with van der Waals surface area (Å²) in [6.45, 7) is 5.79. The predicted octanol–water partition coefficient (Wildman–Crippen LogP) is 6.51. The van der Waals surface area contributed by atoms with Crippen LogP contribution in [0, 0.1) is 6.92 Å². The number of alkyl halides is 1. The summed E-state index contributed by atoms with van der Waals surface area (Å²) in [7, 11) is 0. The number of fused-ring (bicyclic) bond motifs is 1. The van der Waals surface area contributed by atoms with Gasteiger partial charge in [-0.05, 0) is 37.8 Å². The second-order valence-electron chi connectivity index (χ2n) is 6.22. The van der Waals surface area contributed by atoms with Crippen LogP contribution in [0.3, 0.4) is 0 Å². The Hall–Kier alpha value is -1.41. The summed E-state index contributed by atoms with van der Waals surface area (Å²) >= 11 is 5.71. The van der Waals surface area contributed by atoms with Gasteiger partial charge in [-0.3, -0.25) is 0 Å². The molecule has 0 aliphatic heterocycles. The highest BCUT2D eigenvalue weighted by atomic mass is 35.5. The molecule has 2 aromatic carbocycles. The van der Waals surface area contributed by atoms with E-state index < -0.39 is 0 Å². The second-order valence-corrected chi connectivity index (χ2v) is 6.60. The molecule has 24 heavy (non-hydrogen) atoms. The summed E-state index contributed by atoms with van der Waals surface area (Å²) in [6.07, 6.45) is 6.72. The monoisotopic (exact) mass is 348 g/mol. The molecule has 0 aromatic heterocycles. The summed E-state index contributed by atoms with van der Waals surface area (Å²) in [4.78, 5) is 0. The Morgan fingerprint density at radius 1 is 0.875 bits per heavy atom. The Morgan fingerprint density at radius 2 is 1.58 bits per heavy atom. The summed E-state index contributed by atoms with van der Waals surface area (Å²) in [5.41, 5.74) is 1.14. The van der Waals surface area contributed by atoms with E-state index in [4.69, 9.17) is 21.1 Å². The van der Waals surface area contributed by atoms with Gasteiger partial charge in [-0.25, -0.2) is 0 Å². The van der Waals surface area contributed by atoms with E-state index >= 15 is 0 Å². The van der Waals surface area contributed by atoms with Crippen molar-refractivity contribution in [3.63, 3.8) is 0 Å². The summed E-state index contributed by atoms with van der Waals surface area (Å²) in [6, 6.07) is 10.5. The minimum Gasteiger partial charge on any atom is -0.493 e. The van der Waals surface area contributed by atoms with Crippen molar-refractivity contribution in [2.75, 3.05) is 19.1 Å². The van der Waals surface area contributed by atoms with Gasteiger partial charge in [0.2, 0.25) is 0 Å². The molecule has 0 amide bonds. The minimum absolute atomic E-state index is 0.752. The van der Waals surface area contributed by atoms with Crippen molar-refractivity contribution < 1.29 is 9.47 Å². The molecule has 0 saturated carbocycles. The Labute approximate surface area is 151 Å². The third kappa shape index (κ3) is 5.31. The van der Waals surface area contributed by atoms with Crippen LogP contribution in [0.2, 0.25) is 0 Å². The van der Waals surface area contributed by atoms with Crippen molar-refractivity contribution in [2.45, 2.75) is 52.4 Å². The largest absolute Gasteiger partial charge is 0.493 e. The Bertz CT molecular complexity index is 625. The third-order valence-corrected chi connectivity index (χ3v) is 4.44. The van der Waals surface area contributed by atoms with E-state index in [1.165, 1.54) is 12.8 Å².